The molecule has 8 rings (SSSR count). The topological polar surface area (TPSA) is 125 Å². The standard InChI is InChI=1S/C21H20F3N3O3S2.C20H18F3N3O3S2/c1-15-4-2-3-5-18(15)19-14-31-20(25-19)26-10-12-27(13-11-26)32(28,29)17-8-6-16(7-9-17)30-21(22,23)24;21-20(22,23)29-16-6-8-17(9-7-16)31(27,28)26-12-10-25(11-13-26)19-24-18(14-30-19)15-4-2-1-3-5-15/h2-9,14H,10-13H2,1H3;1-9,14H,10-13H2. The van der Waals surface area contributed by atoms with Crippen molar-refractivity contribution in [2.24, 2.45) is 0 Å². The summed E-state index contributed by atoms with van der Waals surface area (Å²) in [7, 11) is -7.63. The molecule has 4 heterocycles. The fraction of sp³-hybridized carbons (Fsp3) is 0.268. The molecular formula is C41H38F6N6O6S4. The molecule has 63 heavy (non-hydrogen) atoms. The second-order valence-corrected chi connectivity index (χ2v) is 19.6. The lowest BCUT2D eigenvalue weighted by molar-refractivity contribution is -0.275. The van der Waals surface area contributed by atoms with Crippen LogP contribution in [0.2, 0.25) is 0 Å². The van der Waals surface area contributed by atoms with Crippen molar-refractivity contribution in [3.05, 3.63) is 119 Å². The van der Waals surface area contributed by atoms with Crippen LogP contribution >= 0.6 is 22.7 Å². The van der Waals surface area contributed by atoms with Crippen molar-refractivity contribution in [3.63, 3.8) is 0 Å². The highest BCUT2D eigenvalue weighted by atomic mass is 32.2. The number of aromatic nitrogens is 2. The van der Waals surface area contributed by atoms with Crippen LogP contribution in [-0.2, 0) is 20.0 Å². The van der Waals surface area contributed by atoms with E-state index in [0.29, 0.717) is 26.2 Å². The van der Waals surface area contributed by atoms with Crippen LogP contribution in [0.3, 0.4) is 0 Å². The first-order chi connectivity index (χ1) is 29.9. The maximum absolute atomic E-state index is 12.9. The molecule has 4 aromatic carbocycles. The van der Waals surface area contributed by atoms with Gasteiger partial charge >= 0.3 is 12.7 Å². The van der Waals surface area contributed by atoms with E-state index in [4.69, 9.17) is 4.98 Å². The van der Waals surface area contributed by atoms with Crippen LogP contribution in [0, 0.1) is 6.92 Å². The van der Waals surface area contributed by atoms with Crippen molar-refractivity contribution in [2.75, 3.05) is 62.2 Å². The maximum Gasteiger partial charge on any atom is 0.573 e. The van der Waals surface area contributed by atoms with Gasteiger partial charge in [0.25, 0.3) is 0 Å². The highest BCUT2D eigenvalue weighted by Crippen LogP contribution is 2.33. The normalized spacial score (nSPS) is 15.7. The van der Waals surface area contributed by atoms with Gasteiger partial charge in [0, 0.05) is 74.2 Å². The Labute approximate surface area is 367 Å². The summed E-state index contributed by atoms with van der Waals surface area (Å²) in [6.45, 7) is 4.91. The van der Waals surface area contributed by atoms with Gasteiger partial charge in [-0.25, -0.2) is 26.8 Å². The molecule has 0 atom stereocenters. The third kappa shape index (κ3) is 11.5. The Morgan fingerprint density at radius 1 is 0.524 bits per heavy atom. The molecule has 334 valence electrons. The molecule has 0 bridgehead atoms. The van der Waals surface area contributed by atoms with E-state index < -0.39 is 44.3 Å². The Kier molecular flexibility index (Phi) is 13.7. The first-order valence-corrected chi connectivity index (χ1v) is 23.7. The molecule has 2 aliphatic heterocycles. The minimum atomic E-state index is -4.83. The van der Waals surface area contributed by atoms with Crippen LogP contribution in [0.25, 0.3) is 22.5 Å². The van der Waals surface area contributed by atoms with Crippen molar-refractivity contribution in [3.8, 4) is 34.0 Å². The van der Waals surface area contributed by atoms with Gasteiger partial charge in [-0.05, 0) is 61.0 Å². The van der Waals surface area contributed by atoms with Crippen molar-refractivity contribution < 1.29 is 52.7 Å². The van der Waals surface area contributed by atoms with Gasteiger partial charge < -0.3 is 19.3 Å². The molecule has 0 amide bonds. The summed E-state index contributed by atoms with van der Waals surface area (Å²) in [6.07, 6.45) is -9.65. The number of nitrogens with zero attached hydrogens (tertiary/aromatic N) is 6. The van der Waals surface area contributed by atoms with Gasteiger partial charge in [0.1, 0.15) is 11.5 Å². The molecule has 12 nitrogen and oxygen atoms in total. The van der Waals surface area contributed by atoms with Gasteiger partial charge in [-0.1, -0.05) is 54.6 Å². The summed E-state index contributed by atoms with van der Waals surface area (Å²) >= 11 is 3.01. The van der Waals surface area contributed by atoms with Crippen LogP contribution in [0.4, 0.5) is 36.6 Å². The molecule has 2 aliphatic rings. The zero-order valence-electron chi connectivity index (χ0n) is 33.2. The van der Waals surface area contributed by atoms with E-state index in [1.54, 1.807) is 0 Å². The number of anilines is 2. The van der Waals surface area contributed by atoms with E-state index in [0.717, 1.165) is 86.9 Å². The molecule has 0 radical (unpaired) electrons. The zero-order valence-corrected chi connectivity index (χ0v) is 36.4. The van der Waals surface area contributed by atoms with Gasteiger partial charge in [-0.15, -0.1) is 49.0 Å². The van der Waals surface area contributed by atoms with Gasteiger partial charge in [-0.3, -0.25) is 0 Å². The zero-order chi connectivity index (χ0) is 45.0. The average Bonchev–Trinajstić information content (AvgIpc) is 3.96. The molecule has 2 aromatic heterocycles. The first-order valence-electron chi connectivity index (χ1n) is 19.1. The minimum Gasteiger partial charge on any atom is -0.406 e. The third-order valence-corrected chi connectivity index (χ3v) is 15.5. The molecule has 0 unspecified atom stereocenters. The summed E-state index contributed by atoms with van der Waals surface area (Å²) < 4.78 is 135. The summed E-state index contributed by atoms with van der Waals surface area (Å²) in [5.74, 6) is -0.927. The monoisotopic (exact) mass is 952 g/mol. The Balaban J connectivity index is 0.000000189. The Morgan fingerprint density at radius 2 is 0.921 bits per heavy atom. The summed E-state index contributed by atoms with van der Waals surface area (Å²) in [4.78, 5) is 13.3. The number of halogens is 6. The van der Waals surface area contributed by atoms with Crippen molar-refractivity contribution in [2.45, 2.75) is 29.4 Å². The molecule has 0 spiro atoms. The molecule has 22 heteroatoms. The highest BCUT2D eigenvalue weighted by molar-refractivity contribution is 7.89. The predicted octanol–water partition coefficient (Wildman–Crippen LogP) is 8.75. The van der Waals surface area contributed by atoms with Crippen LogP contribution in [0.5, 0.6) is 11.5 Å². The number of ether oxygens (including phenoxy) is 2. The number of hydrogen-bond donors (Lipinski definition) is 0. The van der Waals surface area contributed by atoms with E-state index in [9.17, 15) is 43.2 Å². The smallest absolute Gasteiger partial charge is 0.406 e. The summed E-state index contributed by atoms with van der Waals surface area (Å²) in [5.41, 5.74) is 4.97. The molecule has 2 fully saturated rings. The van der Waals surface area contributed by atoms with E-state index in [1.165, 1.54) is 31.3 Å². The Morgan fingerprint density at radius 3 is 1.35 bits per heavy atom. The quantitative estimate of drug-likeness (QED) is 0.123. The molecule has 0 aliphatic carbocycles. The number of piperazine rings is 2. The van der Waals surface area contributed by atoms with Crippen molar-refractivity contribution >= 4 is 53.0 Å². The lowest BCUT2D eigenvalue weighted by atomic mass is 10.1. The lowest BCUT2D eigenvalue weighted by Gasteiger charge is -2.33. The van der Waals surface area contributed by atoms with Crippen molar-refractivity contribution in [1.29, 1.82) is 0 Å². The Bertz CT molecular complexity index is 2680. The SMILES string of the molecule is Cc1ccccc1-c1csc(N2CCN(S(=O)(=O)c3ccc(OC(F)(F)F)cc3)CC2)n1.O=S(=O)(c1ccc(OC(F)(F)F)cc1)N1CCN(c2nc(-c3ccccc3)cs2)CC1. The molecule has 0 saturated carbocycles. The van der Waals surface area contributed by atoms with Crippen LogP contribution in [0.1, 0.15) is 5.56 Å². The third-order valence-electron chi connectivity index (χ3n) is 9.88. The fourth-order valence-corrected chi connectivity index (χ4v) is 11.3. The summed E-state index contributed by atoms with van der Waals surface area (Å²) in [5, 5.41) is 5.61. The van der Waals surface area contributed by atoms with E-state index in [2.05, 4.69) is 14.5 Å². The van der Waals surface area contributed by atoms with E-state index in [-0.39, 0.29) is 36.0 Å². The van der Waals surface area contributed by atoms with Gasteiger partial charge in [-0.2, -0.15) is 8.61 Å². The average molecular weight is 953 g/mol. The predicted molar refractivity (Wildman–Crippen MR) is 228 cm³/mol. The largest absolute Gasteiger partial charge is 0.573 e. The Hall–Kier alpha value is -5.26. The number of sulfonamides is 2. The number of benzene rings is 4. The first kappa shape index (κ1) is 45.8. The second kappa shape index (κ2) is 18.8. The highest BCUT2D eigenvalue weighted by Gasteiger charge is 2.34. The van der Waals surface area contributed by atoms with Gasteiger partial charge in [0.05, 0.1) is 21.2 Å². The summed E-state index contributed by atoms with van der Waals surface area (Å²) in [6, 6.07) is 26.3. The number of hydrogen-bond acceptors (Lipinski definition) is 12. The van der Waals surface area contributed by atoms with Crippen molar-refractivity contribution in [1.82, 2.24) is 18.6 Å². The van der Waals surface area contributed by atoms with Crippen LogP contribution in [0.15, 0.2) is 124 Å². The molecular weight excluding hydrogens is 915 g/mol. The number of aryl methyl sites for hydroxylation is 1. The van der Waals surface area contributed by atoms with Gasteiger partial charge in [0.15, 0.2) is 10.3 Å². The number of thiazole rings is 2. The van der Waals surface area contributed by atoms with E-state index in [1.807, 2.05) is 82.1 Å². The molecule has 2 saturated heterocycles. The van der Waals surface area contributed by atoms with E-state index >= 15 is 0 Å². The van der Waals surface area contributed by atoms with Crippen LogP contribution < -0.4 is 19.3 Å². The molecule has 0 N–H and O–H groups in total. The number of rotatable bonds is 10. The fourth-order valence-electron chi connectivity index (χ4n) is 6.71. The van der Waals surface area contributed by atoms with Gasteiger partial charge in [0.2, 0.25) is 20.0 Å². The number of alkyl halides is 6. The second-order valence-electron chi connectivity index (χ2n) is 14.0. The minimum absolute atomic E-state index is 0.0726. The maximum atomic E-state index is 12.9. The van der Waals surface area contributed by atoms with Crippen LogP contribution in [-0.4, -0.2) is 100 Å². The molecule has 6 aromatic rings. The lowest BCUT2D eigenvalue weighted by Crippen LogP contribution is -2.48.